The molecule has 0 saturated carbocycles. The normalized spacial score (nSPS) is 10.3. The molecule has 21 heavy (non-hydrogen) atoms. The molecule has 0 aliphatic rings. The van der Waals surface area contributed by atoms with Gasteiger partial charge in [0.05, 0.1) is 0 Å². The Hall–Kier alpha value is -2.13. The highest BCUT2D eigenvalue weighted by Gasteiger charge is 2.00. The van der Waals surface area contributed by atoms with Crippen LogP contribution < -0.4 is 10.9 Å². The molecule has 0 spiro atoms. The molecule has 0 unspecified atom stereocenters. The van der Waals surface area contributed by atoms with Gasteiger partial charge in [-0.3, -0.25) is 10.2 Å². The summed E-state index contributed by atoms with van der Waals surface area (Å²) >= 11 is 0. The number of rotatable bonds is 8. The van der Waals surface area contributed by atoms with Gasteiger partial charge >= 0.3 is 0 Å². The lowest BCUT2D eigenvalue weighted by Gasteiger charge is -2.07. The maximum absolute atomic E-state index is 11.7. The minimum Gasteiger partial charge on any atom is -0.291 e. The van der Waals surface area contributed by atoms with Crippen LogP contribution in [0.3, 0.4) is 0 Å². The Labute approximate surface area is 126 Å². The van der Waals surface area contributed by atoms with Gasteiger partial charge in [-0.2, -0.15) is 0 Å². The molecular weight excluding hydrogens is 260 g/mol. The second-order valence-electron chi connectivity index (χ2n) is 5.08. The highest BCUT2D eigenvalue weighted by molar-refractivity contribution is 5.75. The molecule has 110 valence electrons. The van der Waals surface area contributed by atoms with Crippen LogP contribution in [0.4, 0.5) is 0 Å². The maximum Gasteiger partial charge on any atom is 0.234 e. The van der Waals surface area contributed by atoms with Gasteiger partial charge in [-0.25, -0.2) is 5.43 Å². The molecule has 0 atom stereocenters. The van der Waals surface area contributed by atoms with Gasteiger partial charge in [0.15, 0.2) is 0 Å². The second kappa shape index (κ2) is 8.93. The summed E-state index contributed by atoms with van der Waals surface area (Å²) in [6, 6.07) is 20.4. The Morgan fingerprint density at radius 1 is 0.810 bits per heavy atom. The zero-order valence-corrected chi connectivity index (χ0v) is 12.2. The quantitative estimate of drug-likeness (QED) is 0.576. The first kappa shape index (κ1) is 15.3. The van der Waals surface area contributed by atoms with E-state index >= 15 is 0 Å². The largest absolute Gasteiger partial charge is 0.291 e. The number of carbonyl (C=O) groups excluding carboxylic acids is 1. The third-order valence-electron chi connectivity index (χ3n) is 3.33. The van der Waals surface area contributed by atoms with Crippen molar-refractivity contribution in [1.82, 2.24) is 10.9 Å². The Bertz CT molecular complexity index is 525. The van der Waals surface area contributed by atoms with Crippen molar-refractivity contribution in [1.29, 1.82) is 0 Å². The molecule has 1 amide bonds. The van der Waals surface area contributed by atoms with Gasteiger partial charge in [0.2, 0.25) is 5.91 Å². The third kappa shape index (κ3) is 6.23. The zero-order valence-electron chi connectivity index (χ0n) is 12.2. The van der Waals surface area contributed by atoms with Crippen LogP contribution in [0, 0.1) is 0 Å². The first-order chi connectivity index (χ1) is 10.3. The van der Waals surface area contributed by atoms with Crippen LogP contribution in [0.15, 0.2) is 60.7 Å². The lowest BCUT2D eigenvalue weighted by molar-refractivity contribution is -0.122. The average Bonchev–Trinajstić information content (AvgIpc) is 2.54. The molecule has 3 nitrogen and oxygen atoms in total. The Morgan fingerprint density at radius 2 is 1.43 bits per heavy atom. The summed E-state index contributed by atoms with van der Waals surface area (Å²) in [5, 5.41) is 0. The van der Waals surface area contributed by atoms with Crippen molar-refractivity contribution in [3.63, 3.8) is 0 Å². The lowest BCUT2D eigenvalue weighted by atomic mass is 10.1. The molecule has 2 aromatic carbocycles. The molecule has 0 aromatic heterocycles. The number of unbranched alkanes of at least 4 members (excludes halogenated alkanes) is 1. The van der Waals surface area contributed by atoms with E-state index in [1.165, 1.54) is 5.56 Å². The van der Waals surface area contributed by atoms with Gasteiger partial charge in [-0.05, 0) is 30.4 Å². The average molecular weight is 282 g/mol. The molecule has 2 N–H and O–H groups in total. The molecule has 0 radical (unpaired) electrons. The predicted molar refractivity (Wildman–Crippen MR) is 85.4 cm³/mol. The van der Waals surface area contributed by atoms with Crippen LogP contribution in [0.25, 0.3) is 0 Å². The molecule has 3 heteroatoms. The summed E-state index contributed by atoms with van der Waals surface area (Å²) in [7, 11) is 0. The van der Waals surface area contributed by atoms with E-state index in [9.17, 15) is 4.79 Å². The molecule has 0 aliphatic carbocycles. The highest BCUT2D eigenvalue weighted by Crippen LogP contribution is 2.06. The van der Waals surface area contributed by atoms with Crippen molar-refractivity contribution in [2.24, 2.45) is 0 Å². The first-order valence-electron chi connectivity index (χ1n) is 7.44. The van der Waals surface area contributed by atoms with E-state index in [1.54, 1.807) is 0 Å². The van der Waals surface area contributed by atoms with E-state index in [-0.39, 0.29) is 5.91 Å². The molecule has 0 heterocycles. The number of hydrogen-bond acceptors (Lipinski definition) is 2. The standard InChI is InChI=1S/C18H22N2O/c21-18(20-19-15-17-12-5-2-6-13-17)14-8-7-11-16-9-3-1-4-10-16/h1-6,9-10,12-13,19H,7-8,11,14-15H2,(H,20,21). The van der Waals surface area contributed by atoms with E-state index in [2.05, 4.69) is 35.1 Å². The molecule has 2 aromatic rings. The number of hydrogen-bond donors (Lipinski definition) is 2. The molecule has 0 saturated heterocycles. The molecule has 2 rings (SSSR count). The van der Waals surface area contributed by atoms with Gasteiger partial charge in [0.25, 0.3) is 0 Å². The summed E-state index contributed by atoms with van der Waals surface area (Å²) in [4.78, 5) is 11.7. The maximum atomic E-state index is 11.7. The fourth-order valence-corrected chi connectivity index (χ4v) is 2.16. The SMILES string of the molecule is O=C(CCCCc1ccccc1)NNCc1ccccc1. The van der Waals surface area contributed by atoms with Crippen molar-refractivity contribution in [3.8, 4) is 0 Å². The van der Waals surface area contributed by atoms with E-state index in [0.29, 0.717) is 13.0 Å². The van der Waals surface area contributed by atoms with Gasteiger partial charge in [0.1, 0.15) is 0 Å². The fourth-order valence-electron chi connectivity index (χ4n) is 2.16. The van der Waals surface area contributed by atoms with E-state index in [0.717, 1.165) is 24.8 Å². The van der Waals surface area contributed by atoms with Crippen molar-refractivity contribution in [2.75, 3.05) is 0 Å². The third-order valence-corrected chi connectivity index (χ3v) is 3.33. The van der Waals surface area contributed by atoms with Crippen LogP contribution in [-0.4, -0.2) is 5.91 Å². The monoisotopic (exact) mass is 282 g/mol. The van der Waals surface area contributed by atoms with Crippen molar-refractivity contribution in [2.45, 2.75) is 32.2 Å². The number of carbonyl (C=O) groups is 1. The van der Waals surface area contributed by atoms with Crippen molar-refractivity contribution >= 4 is 5.91 Å². The van der Waals surface area contributed by atoms with E-state index in [1.807, 2.05) is 36.4 Å². The molecular formula is C18H22N2O. The molecule has 0 aliphatic heterocycles. The highest BCUT2D eigenvalue weighted by atomic mass is 16.2. The van der Waals surface area contributed by atoms with Crippen LogP contribution in [-0.2, 0) is 17.8 Å². The summed E-state index contributed by atoms with van der Waals surface area (Å²) in [5.74, 6) is 0.0546. The molecule has 0 bridgehead atoms. The van der Waals surface area contributed by atoms with Crippen LogP contribution in [0.5, 0.6) is 0 Å². The topological polar surface area (TPSA) is 41.1 Å². The predicted octanol–water partition coefficient (Wildman–Crippen LogP) is 3.22. The van der Waals surface area contributed by atoms with Gasteiger partial charge < -0.3 is 0 Å². The fraction of sp³-hybridized carbons (Fsp3) is 0.278. The Kier molecular flexibility index (Phi) is 6.49. The van der Waals surface area contributed by atoms with Gasteiger partial charge in [-0.15, -0.1) is 0 Å². The number of aryl methyl sites for hydroxylation is 1. The van der Waals surface area contributed by atoms with Crippen LogP contribution in [0.2, 0.25) is 0 Å². The van der Waals surface area contributed by atoms with E-state index < -0.39 is 0 Å². The summed E-state index contributed by atoms with van der Waals surface area (Å²) in [5.41, 5.74) is 8.19. The van der Waals surface area contributed by atoms with Crippen molar-refractivity contribution in [3.05, 3.63) is 71.8 Å². The number of hydrazine groups is 1. The lowest BCUT2D eigenvalue weighted by Crippen LogP contribution is -2.36. The van der Waals surface area contributed by atoms with Crippen LogP contribution in [0.1, 0.15) is 30.4 Å². The Morgan fingerprint density at radius 3 is 2.10 bits per heavy atom. The summed E-state index contributed by atoms with van der Waals surface area (Å²) in [6.45, 7) is 0.649. The number of nitrogens with one attached hydrogen (secondary N) is 2. The van der Waals surface area contributed by atoms with Gasteiger partial charge in [0, 0.05) is 13.0 Å². The Balaban J connectivity index is 1.54. The van der Waals surface area contributed by atoms with E-state index in [4.69, 9.17) is 0 Å². The zero-order chi connectivity index (χ0) is 14.8. The molecule has 0 fully saturated rings. The second-order valence-corrected chi connectivity index (χ2v) is 5.08. The smallest absolute Gasteiger partial charge is 0.234 e. The minimum absolute atomic E-state index is 0.0546. The van der Waals surface area contributed by atoms with Crippen molar-refractivity contribution < 1.29 is 4.79 Å². The van der Waals surface area contributed by atoms with Gasteiger partial charge in [-0.1, -0.05) is 60.7 Å². The summed E-state index contributed by atoms with van der Waals surface area (Å²) < 4.78 is 0. The summed E-state index contributed by atoms with van der Waals surface area (Å²) in [6.07, 6.45) is 3.55. The van der Waals surface area contributed by atoms with Crippen LogP contribution >= 0.6 is 0 Å². The first-order valence-corrected chi connectivity index (χ1v) is 7.44. The number of amides is 1. The minimum atomic E-state index is 0.0546. The number of benzene rings is 2.